The molecular formula is C16H16N4O5S. The molecule has 0 saturated heterocycles. The van der Waals surface area contributed by atoms with Crippen molar-refractivity contribution in [1.82, 2.24) is 15.2 Å². The molecule has 0 aliphatic carbocycles. The number of rotatable bonds is 6. The Bertz CT molecular complexity index is 1040. The second-order valence-electron chi connectivity index (χ2n) is 5.44. The molecule has 0 aliphatic rings. The Morgan fingerprint density at radius 3 is 2.58 bits per heavy atom. The van der Waals surface area contributed by atoms with Crippen LogP contribution in [0.2, 0.25) is 0 Å². The van der Waals surface area contributed by atoms with Crippen molar-refractivity contribution in [2.24, 2.45) is 0 Å². The van der Waals surface area contributed by atoms with Gasteiger partial charge in [0.25, 0.3) is 5.91 Å². The molecule has 3 aromatic rings. The van der Waals surface area contributed by atoms with Crippen LogP contribution >= 0.6 is 0 Å². The van der Waals surface area contributed by atoms with Gasteiger partial charge in [0.2, 0.25) is 0 Å². The first-order valence-electron chi connectivity index (χ1n) is 7.49. The van der Waals surface area contributed by atoms with Crippen LogP contribution in [-0.2, 0) is 14.6 Å². The molecule has 26 heavy (non-hydrogen) atoms. The van der Waals surface area contributed by atoms with Gasteiger partial charge in [0.15, 0.2) is 16.4 Å². The van der Waals surface area contributed by atoms with Crippen LogP contribution in [-0.4, -0.2) is 49.5 Å². The van der Waals surface area contributed by atoms with E-state index in [0.717, 1.165) is 11.1 Å². The summed E-state index contributed by atoms with van der Waals surface area (Å²) in [4.78, 5) is 18.5. The van der Waals surface area contributed by atoms with E-state index < -0.39 is 15.7 Å². The number of amides is 1. The third-order valence-corrected chi connectivity index (χ3v) is 4.62. The molecule has 0 saturated carbocycles. The van der Waals surface area contributed by atoms with Crippen molar-refractivity contribution in [3.05, 3.63) is 42.5 Å². The Kier molecular flexibility index (Phi) is 4.76. The molecule has 1 aromatic heterocycles. The van der Waals surface area contributed by atoms with Crippen LogP contribution in [0.4, 0.5) is 5.69 Å². The van der Waals surface area contributed by atoms with Crippen molar-refractivity contribution in [2.75, 3.05) is 25.3 Å². The van der Waals surface area contributed by atoms with Crippen molar-refractivity contribution in [2.45, 2.75) is 4.90 Å². The second kappa shape index (κ2) is 7.00. The number of sulfone groups is 1. The molecule has 3 rings (SSSR count). The first-order valence-corrected chi connectivity index (χ1v) is 9.39. The number of hydrogen-bond donors (Lipinski definition) is 1. The summed E-state index contributed by atoms with van der Waals surface area (Å²) >= 11 is 0. The van der Waals surface area contributed by atoms with Crippen LogP contribution in [0.1, 0.15) is 0 Å². The molecule has 1 N–H and O–H groups in total. The average molecular weight is 376 g/mol. The number of methoxy groups -OCH3 is 1. The Labute approximate surface area is 149 Å². The minimum atomic E-state index is -3.38. The third-order valence-electron chi connectivity index (χ3n) is 3.51. The molecule has 9 nitrogen and oxygen atoms in total. The van der Waals surface area contributed by atoms with E-state index >= 15 is 0 Å². The van der Waals surface area contributed by atoms with E-state index in [1.165, 1.54) is 18.2 Å². The lowest BCUT2D eigenvalue weighted by Crippen LogP contribution is -2.26. The molecule has 0 spiro atoms. The van der Waals surface area contributed by atoms with Gasteiger partial charge in [-0.05, 0) is 47.7 Å². The van der Waals surface area contributed by atoms with Crippen molar-refractivity contribution < 1.29 is 22.8 Å². The van der Waals surface area contributed by atoms with Crippen molar-refractivity contribution in [3.8, 4) is 5.75 Å². The number of carbonyl (C=O) groups excluding carboxylic acids is 1. The highest BCUT2D eigenvalue weighted by Gasteiger charge is 2.13. The van der Waals surface area contributed by atoms with Gasteiger partial charge < -0.3 is 14.9 Å². The fourth-order valence-electron chi connectivity index (χ4n) is 2.20. The fourth-order valence-corrected chi connectivity index (χ4v) is 2.84. The van der Waals surface area contributed by atoms with E-state index in [-0.39, 0.29) is 11.5 Å². The summed E-state index contributed by atoms with van der Waals surface area (Å²) < 4.78 is 28.4. The van der Waals surface area contributed by atoms with Gasteiger partial charge >= 0.3 is 0 Å². The minimum Gasteiger partial charge on any atom is -0.497 e. The van der Waals surface area contributed by atoms with Gasteiger partial charge in [-0.1, -0.05) is 4.85 Å². The van der Waals surface area contributed by atoms with Gasteiger partial charge in [-0.3, -0.25) is 4.79 Å². The van der Waals surface area contributed by atoms with Gasteiger partial charge in [-0.25, -0.2) is 8.42 Å². The fraction of sp³-hybridized carbons (Fsp3) is 0.188. The highest BCUT2D eigenvalue weighted by molar-refractivity contribution is 7.90. The van der Waals surface area contributed by atoms with E-state index in [0.29, 0.717) is 22.5 Å². The second-order valence-corrected chi connectivity index (χ2v) is 7.45. The number of nitrogens with zero attached hydrogens (tertiary/aromatic N) is 3. The summed E-state index contributed by atoms with van der Waals surface area (Å²) in [5, 5.41) is 10.3. The van der Waals surface area contributed by atoms with E-state index in [1.54, 1.807) is 31.4 Å². The van der Waals surface area contributed by atoms with E-state index in [9.17, 15) is 13.2 Å². The first kappa shape index (κ1) is 17.7. The summed E-state index contributed by atoms with van der Waals surface area (Å²) in [5.41, 5.74) is 1.39. The maximum absolute atomic E-state index is 12.0. The number of aromatic nitrogens is 3. The minimum absolute atomic E-state index is 0.111. The molecule has 2 aromatic carbocycles. The third kappa shape index (κ3) is 3.91. The van der Waals surface area contributed by atoms with Crippen LogP contribution in [0.15, 0.2) is 47.4 Å². The quantitative estimate of drug-likeness (QED) is 0.680. The summed E-state index contributed by atoms with van der Waals surface area (Å²) in [6.07, 6.45) is 1.10. The number of benzene rings is 2. The summed E-state index contributed by atoms with van der Waals surface area (Å²) in [7, 11) is -1.83. The summed E-state index contributed by atoms with van der Waals surface area (Å²) in [6.45, 7) is -0.326. The van der Waals surface area contributed by atoms with Crippen LogP contribution in [0.5, 0.6) is 5.75 Å². The van der Waals surface area contributed by atoms with Gasteiger partial charge in [0.05, 0.1) is 12.0 Å². The number of fused-ring (bicyclic) bond motifs is 1. The Morgan fingerprint density at radius 1 is 1.19 bits per heavy atom. The SMILES string of the molecule is COc1ccc(NC(=O)COn2nnc3ccc(S(C)(=O)=O)cc32)cc1. The Balaban J connectivity index is 1.69. The number of ether oxygens (including phenoxy) is 1. The van der Waals surface area contributed by atoms with Gasteiger partial charge in [-0.2, -0.15) is 0 Å². The zero-order valence-electron chi connectivity index (χ0n) is 14.0. The molecule has 0 bridgehead atoms. The number of hydrogen-bond acceptors (Lipinski definition) is 7. The molecule has 0 unspecified atom stereocenters. The van der Waals surface area contributed by atoms with Crippen LogP contribution in [0.3, 0.4) is 0 Å². The molecule has 0 atom stereocenters. The van der Waals surface area contributed by atoms with Crippen LogP contribution in [0.25, 0.3) is 11.0 Å². The number of nitrogens with one attached hydrogen (secondary N) is 1. The average Bonchev–Trinajstić information content (AvgIpc) is 3.02. The molecule has 136 valence electrons. The largest absolute Gasteiger partial charge is 0.497 e. The van der Waals surface area contributed by atoms with Gasteiger partial charge in [0.1, 0.15) is 16.8 Å². The topological polar surface area (TPSA) is 112 Å². The molecule has 1 heterocycles. The predicted octanol–water partition coefficient (Wildman–Crippen LogP) is 0.911. The maximum Gasteiger partial charge on any atom is 0.265 e. The van der Waals surface area contributed by atoms with E-state index in [1.807, 2.05) is 0 Å². The number of carbonyl (C=O) groups is 1. The van der Waals surface area contributed by atoms with Crippen LogP contribution < -0.4 is 14.9 Å². The standard InChI is InChI=1S/C16H16N4O5S/c1-24-12-5-3-11(4-6-12)17-16(21)10-25-20-15-9-13(26(2,22)23)7-8-14(15)18-19-20/h3-9H,10H2,1-2H3,(H,17,21). The Morgan fingerprint density at radius 2 is 1.92 bits per heavy atom. The van der Waals surface area contributed by atoms with E-state index in [2.05, 4.69) is 15.6 Å². The molecule has 1 amide bonds. The van der Waals surface area contributed by atoms with Gasteiger partial charge in [-0.15, -0.1) is 5.10 Å². The zero-order valence-corrected chi connectivity index (χ0v) is 14.9. The molecule has 0 fully saturated rings. The lowest BCUT2D eigenvalue weighted by Gasteiger charge is -2.08. The van der Waals surface area contributed by atoms with Crippen molar-refractivity contribution >= 4 is 32.5 Å². The normalized spacial score (nSPS) is 11.3. The highest BCUT2D eigenvalue weighted by Crippen LogP contribution is 2.17. The van der Waals surface area contributed by atoms with E-state index in [4.69, 9.17) is 9.57 Å². The first-order chi connectivity index (χ1) is 12.4. The molecule has 10 heteroatoms. The lowest BCUT2D eigenvalue weighted by molar-refractivity contribution is -0.121. The zero-order chi connectivity index (χ0) is 18.7. The molecule has 0 aliphatic heterocycles. The van der Waals surface area contributed by atoms with Crippen molar-refractivity contribution in [1.29, 1.82) is 0 Å². The lowest BCUT2D eigenvalue weighted by atomic mass is 10.3. The molecule has 0 radical (unpaired) electrons. The number of anilines is 1. The smallest absolute Gasteiger partial charge is 0.265 e. The maximum atomic E-state index is 12.0. The van der Waals surface area contributed by atoms with Crippen molar-refractivity contribution in [3.63, 3.8) is 0 Å². The molecular weight excluding hydrogens is 360 g/mol. The summed E-state index contributed by atoms with van der Waals surface area (Å²) in [5.74, 6) is 0.271. The van der Waals surface area contributed by atoms with Gasteiger partial charge in [0, 0.05) is 11.9 Å². The highest BCUT2D eigenvalue weighted by atomic mass is 32.2. The van der Waals surface area contributed by atoms with Crippen LogP contribution in [0, 0.1) is 0 Å². The summed E-state index contributed by atoms with van der Waals surface area (Å²) in [6, 6.07) is 11.2. The predicted molar refractivity (Wildman–Crippen MR) is 93.7 cm³/mol. The Hall–Kier alpha value is -3.14. The monoisotopic (exact) mass is 376 g/mol.